The number of hydrogen-bond donors (Lipinski definition) is 2. The molecule has 21 heavy (non-hydrogen) atoms. The van der Waals surface area contributed by atoms with Crippen molar-refractivity contribution < 1.29 is 8.42 Å². The molecule has 0 bridgehead atoms. The summed E-state index contributed by atoms with van der Waals surface area (Å²) in [6, 6.07) is 7.82. The van der Waals surface area contributed by atoms with Crippen molar-refractivity contribution in [1.29, 1.82) is 0 Å². The fraction of sp³-hybridized carbons (Fsp3) is 0.625. The van der Waals surface area contributed by atoms with Crippen molar-refractivity contribution in [3.63, 3.8) is 0 Å². The van der Waals surface area contributed by atoms with Gasteiger partial charge in [0.1, 0.15) is 0 Å². The molecule has 0 saturated heterocycles. The van der Waals surface area contributed by atoms with Crippen LogP contribution >= 0.6 is 0 Å². The van der Waals surface area contributed by atoms with Gasteiger partial charge in [-0.15, -0.1) is 0 Å². The zero-order valence-electron chi connectivity index (χ0n) is 12.9. The lowest BCUT2D eigenvalue weighted by Crippen LogP contribution is -2.33. The standard InChI is InChI=1S/C16H26N2O2S/c1-3-11-17-16(14-7-8-14)12-13-5-9-15(10-6-13)21(19,20)18-4-2/h5-6,9-10,14,16-18H,3-4,7-8,11-12H2,1-2H3. The summed E-state index contributed by atoms with van der Waals surface area (Å²) >= 11 is 0. The second-order valence-corrected chi connectivity index (χ2v) is 7.51. The molecule has 0 heterocycles. The Morgan fingerprint density at radius 3 is 2.38 bits per heavy atom. The molecular weight excluding hydrogens is 284 g/mol. The van der Waals surface area contributed by atoms with Crippen LogP contribution in [0.1, 0.15) is 38.7 Å². The zero-order valence-corrected chi connectivity index (χ0v) is 13.7. The van der Waals surface area contributed by atoms with Crippen molar-refractivity contribution >= 4 is 10.0 Å². The van der Waals surface area contributed by atoms with Crippen molar-refractivity contribution in [2.24, 2.45) is 5.92 Å². The van der Waals surface area contributed by atoms with Crippen LogP contribution < -0.4 is 10.0 Å². The van der Waals surface area contributed by atoms with Gasteiger partial charge in [0.15, 0.2) is 0 Å². The third-order valence-electron chi connectivity index (χ3n) is 3.87. The summed E-state index contributed by atoms with van der Waals surface area (Å²) < 4.78 is 26.3. The molecule has 4 nitrogen and oxygen atoms in total. The van der Waals surface area contributed by atoms with Gasteiger partial charge in [-0.3, -0.25) is 0 Å². The first-order valence-corrected chi connectivity index (χ1v) is 9.37. The van der Waals surface area contributed by atoms with Gasteiger partial charge in [0.2, 0.25) is 10.0 Å². The highest BCUT2D eigenvalue weighted by Gasteiger charge is 2.30. The van der Waals surface area contributed by atoms with Crippen LogP contribution in [0.4, 0.5) is 0 Å². The normalized spacial score (nSPS) is 16.9. The van der Waals surface area contributed by atoms with Crippen LogP contribution in [0.25, 0.3) is 0 Å². The molecule has 1 saturated carbocycles. The molecule has 1 aromatic rings. The summed E-state index contributed by atoms with van der Waals surface area (Å²) in [6.45, 7) is 5.42. The first-order chi connectivity index (χ1) is 10.1. The fourth-order valence-corrected chi connectivity index (χ4v) is 3.61. The molecule has 0 amide bonds. The van der Waals surface area contributed by atoms with Crippen LogP contribution in [0, 0.1) is 5.92 Å². The van der Waals surface area contributed by atoms with Crippen LogP contribution in [0.3, 0.4) is 0 Å². The highest BCUT2D eigenvalue weighted by molar-refractivity contribution is 7.89. The van der Waals surface area contributed by atoms with Gasteiger partial charge in [0, 0.05) is 12.6 Å². The van der Waals surface area contributed by atoms with Gasteiger partial charge < -0.3 is 5.32 Å². The van der Waals surface area contributed by atoms with E-state index in [9.17, 15) is 8.42 Å². The van der Waals surface area contributed by atoms with E-state index < -0.39 is 10.0 Å². The van der Waals surface area contributed by atoms with Crippen molar-refractivity contribution in [2.45, 2.75) is 50.5 Å². The van der Waals surface area contributed by atoms with Crippen LogP contribution in [0.5, 0.6) is 0 Å². The Kier molecular flexibility index (Phi) is 5.79. The van der Waals surface area contributed by atoms with Gasteiger partial charge in [-0.2, -0.15) is 0 Å². The van der Waals surface area contributed by atoms with Crippen LogP contribution in [0.2, 0.25) is 0 Å². The first-order valence-electron chi connectivity index (χ1n) is 7.88. The van der Waals surface area contributed by atoms with Gasteiger partial charge in [-0.25, -0.2) is 13.1 Å². The number of hydrogen-bond acceptors (Lipinski definition) is 3. The van der Waals surface area contributed by atoms with Gasteiger partial charge in [0.25, 0.3) is 0 Å². The highest BCUT2D eigenvalue weighted by Crippen LogP contribution is 2.34. The number of rotatable bonds is 9. The molecule has 2 N–H and O–H groups in total. The smallest absolute Gasteiger partial charge is 0.240 e. The minimum atomic E-state index is -3.34. The summed E-state index contributed by atoms with van der Waals surface area (Å²) in [4.78, 5) is 0.345. The Balaban J connectivity index is 2.01. The van der Waals surface area contributed by atoms with E-state index in [-0.39, 0.29) is 0 Å². The third kappa shape index (κ3) is 4.80. The average molecular weight is 310 g/mol. The zero-order chi connectivity index (χ0) is 15.3. The summed E-state index contributed by atoms with van der Waals surface area (Å²) in [6.07, 6.45) is 4.75. The van der Waals surface area contributed by atoms with Gasteiger partial charge in [0.05, 0.1) is 4.90 Å². The lowest BCUT2D eigenvalue weighted by atomic mass is 10.0. The SMILES string of the molecule is CCCNC(Cc1ccc(S(=O)(=O)NCC)cc1)C1CC1. The molecule has 0 aromatic heterocycles. The van der Waals surface area contributed by atoms with Crippen LogP contribution in [0.15, 0.2) is 29.2 Å². The van der Waals surface area contributed by atoms with E-state index in [1.165, 1.54) is 18.4 Å². The predicted octanol–water partition coefficient (Wildman–Crippen LogP) is 2.31. The van der Waals surface area contributed by atoms with Crippen molar-refractivity contribution in [1.82, 2.24) is 10.0 Å². The molecule has 118 valence electrons. The van der Waals surface area contributed by atoms with Crippen molar-refractivity contribution in [3.8, 4) is 0 Å². The molecule has 2 rings (SSSR count). The maximum absolute atomic E-state index is 11.9. The Hall–Kier alpha value is -0.910. The minimum absolute atomic E-state index is 0.345. The Morgan fingerprint density at radius 1 is 1.19 bits per heavy atom. The number of sulfonamides is 1. The van der Waals surface area contributed by atoms with Gasteiger partial charge >= 0.3 is 0 Å². The molecule has 1 unspecified atom stereocenters. The van der Waals surface area contributed by atoms with E-state index in [4.69, 9.17) is 0 Å². The van der Waals surface area contributed by atoms with Crippen LogP contribution in [-0.2, 0) is 16.4 Å². The van der Waals surface area contributed by atoms with Gasteiger partial charge in [-0.1, -0.05) is 26.0 Å². The topological polar surface area (TPSA) is 58.2 Å². The molecule has 1 atom stereocenters. The largest absolute Gasteiger partial charge is 0.313 e. The lowest BCUT2D eigenvalue weighted by Gasteiger charge is -2.18. The second-order valence-electron chi connectivity index (χ2n) is 5.75. The van der Waals surface area contributed by atoms with Gasteiger partial charge in [-0.05, 0) is 55.8 Å². The van der Waals surface area contributed by atoms with E-state index >= 15 is 0 Å². The van der Waals surface area contributed by atoms with E-state index in [0.717, 1.165) is 25.3 Å². The van der Waals surface area contributed by atoms with E-state index in [0.29, 0.717) is 17.5 Å². The molecule has 1 aliphatic rings. The summed E-state index contributed by atoms with van der Waals surface area (Å²) in [5, 5.41) is 3.61. The summed E-state index contributed by atoms with van der Waals surface area (Å²) in [5.41, 5.74) is 1.20. The summed E-state index contributed by atoms with van der Waals surface area (Å²) in [5.74, 6) is 0.793. The lowest BCUT2D eigenvalue weighted by molar-refractivity contribution is 0.460. The summed E-state index contributed by atoms with van der Waals surface area (Å²) in [7, 11) is -3.34. The molecule has 0 aliphatic heterocycles. The minimum Gasteiger partial charge on any atom is -0.313 e. The molecule has 1 fully saturated rings. The maximum atomic E-state index is 11.9. The molecule has 0 radical (unpaired) electrons. The molecule has 1 aliphatic carbocycles. The number of benzene rings is 1. The Labute approximate surface area is 128 Å². The number of nitrogens with one attached hydrogen (secondary N) is 2. The Morgan fingerprint density at radius 2 is 1.86 bits per heavy atom. The average Bonchev–Trinajstić information content (AvgIpc) is 3.28. The third-order valence-corrected chi connectivity index (χ3v) is 5.43. The van der Waals surface area contributed by atoms with E-state index in [1.807, 2.05) is 12.1 Å². The molecule has 0 spiro atoms. The molecule has 1 aromatic carbocycles. The predicted molar refractivity (Wildman–Crippen MR) is 85.8 cm³/mol. The van der Waals surface area contributed by atoms with Crippen LogP contribution in [-0.4, -0.2) is 27.5 Å². The van der Waals surface area contributed by atoms with E-state index in [1.54, 1.807) is 19.1 Å². The first kappa shape index (κ1) is 16.5. The monoisotopic (exact) mass is 310 g/mol. The van der Waals surface area contributed by atoms with E-state index in [2.05, 4.69) is 17.0 Å². The highest BCUT2D eigenvalue weighted by atomic mass is 32.2. The maximum Gasteiger partial charge on any atom is 0.240 e. The molecular formula is C16H26N2O2S. The van der Waals surface area contributed by atoms with Crippen molar-refractivity contribution in [2.75, 3.05) is 13.1 Å². The second kappa shape index (κ2) is 7.38. The van der Waals surface area contributed by atoms with Crippen molar-refractivity contribution in [3.05, 3.63) is 29.8 Å². The fourth-order valence-electron chi connectivity index (χ4n) is 2.57. The quantitative estimate of drug-likeness (QED) is 0.736. The Bertz CT molecular complexity index is 536. The molecule has 5 heteroatoms.